The van der Waals surface area contributed by atoms with Gasteiger partial charge in [-0.1, -0.05) is 47.7 Å². The van der Waals surface area contributed by atoms with E-state index in [0.29, 0.717) is 15.8 Å². The summed E-state index contributed by atoms with van der Waals surface area (Å²) in [6, 6.07) is 19.3. The van der Waals surface area contributed by atoms with E-state index < -0.39 is 0 Å². The Morgan fingerprint density at radius 3 is 2.38 bits per heavy atom. The molecule has 0 aliphatic carbocycles. The molecule has 5 nitrogen and oxygen atoms in total. The molecule has 0 bridgehead atoms. The number of carbonyl (C=O) groups excluding carboxylic acids is 1. The van der Waals surface area contributed by atoms with Gasteiger partial charge in [0.15, 0.2) is 0 Å². The maximum Gasteiger partial charge on any atom is 0.257 e. The second-order valence-corrected chi connectivity index (χ2v) is 6.97. The van der Waals surface area contributed by atoms with Gasteiger partial charge in [0.2, 0.25) is 10.3 Å². The molecule has 7 heteroatoms. The minimum atomic E-state index is -0.182. The van der Waals surface area contributed by atoms with Crippen molar-refractivity contribution in [3.63, 3.8) is 0 Å². The Labute approximate surface area is 148 Å². The molecule has 2 N–H and O–H groups in total. The molecule has 0 radical (unpaired) electrons. The van der Waals surface area contributed by atoms with Gasteiger partial charge in [-0.15, -0.1) is 22.0 Å². The average Bonchev–Trinajstić information content (AvgIpc) is 3.08. The van der Waals surface area contributed by atoms with Gasteiger partial charge in [-0.2, -0.15) is 0 Å². The van der Waals surface area contributed by atoms with E-state index in [4.69, 9.17) is 0 Å². The highest BCUT2D eigenvalue weighted by atomic mass is 32.2. The molecule has 3 aromatic rings. The molecule has 0 saturated heterocycles. The van der Waals surface area contributed by atoms with E-state index in [2.05, 4.69) is 33.0 Å². The Morgan fingerprint density at radius 2 is 1.62 bits per heavy atom. The second-order valence-electron chi connectivity index (χ2n) is 4.82. The third-order valence-corrected chi connectivity index (χ3v) is 4.88. The monoisotopic (exact) mass is 356 g/mol. The zero-order chi connectivity index (χ0) is 16.6. The van der Waals surface area contributed by atoms with Crippen LogP contribution in [0.2, 0.25) is 0 Å². The molecule has 122 valence electrons. The molecule has 0 fully saturated rings. The van der Waals surface area contributed by atoms with Gasteiger partial charge in [-0.05, 0) is 24.3 Å². The van der Waals surface area contributed by atoms with Crippen LogP contribution in [0.4, 0.5) is 10.3 Å². The number of carbonyl (C=O) groups is 1. The summed E-state index contributed by atoms with van der Waals surface area (Å²) in [5.74, 6) is 0.743. The summed E-state index contributed by atoms with van der Waals surface area (Å²) < 4.78 is 0. The quantitative estimate of drug-likeness (QED) is 0.495. The molecule has 1 aromatic heterocycles. The van der Waals surface area contributed by atoms with Crippen molar-refractivity contribution in [2.24, 2.45) is 0 Å². The van der Waals surface area contributed by atoms with Crippen LogP contribution in [0, 0.1) is 0 Å². The summed E-state index contributed by atoms with van der Waals surface area (Å²) in [6.45, 7) is 0.779. The van der Waals surface area contributed by atoms with Gasteiger partial charge in [0, 0.05) is 22.8 Å². The molecule has 0 saturated carbocycles. The number of hydrogen-bond donors (Lipinski definition) is 2. The number of nitrogens with one attached hydrogen (secondary N) is 2. The second kappa shape index (κ2) is 8.47. The summed E-state index contributed by atoms with van der Waals surface area (Å²) >= 11 is 3.11. The first-order chi connectivity index (χ1) is 11.8. The van der Waals surface area contributed by atoms with Gasteiger partial charge in [0.05, 0.1) is 0 Å². The lowest BCUT2D eigenvalue weighted by atomic mass is 10.2. The lowest BCUT2D eigenvalue weighted by molar-refractivity contribution is 0.102. The van der Waals surface area contributed by atoms with Crippen molar-refractivity contribution in [2.75, 3.05) is 22.9 Å². The topological polar surface area (TPSA) is 66.9 Å². The minimum Gasteiger partial charge on any atom is -0.359 e. The Hall–Kier alpha value is -2.38. The largest absolute Gasteiger partial charge is 0.359 e. The molecule has 0 aliphatic heterocycles. The van der Waals surface area contributed by atoms with Crippen molar-refractivity contribution in [3.8, 4) is 0 Å². The molecule has 0 spiro atoms. The van der Waals surface area contributed by atoms with Gasteiger partial charge in [-0.3, -0.25) is 10.1 Å². The molecule has 24 heavy (non-hydrogen) atoms. The fourth-order valence-electron chi connectivity index (χ4n) is 1.95. The van der Waals surface area contributed by atoms with Gasteiger partial charge >= 0.3 is 0 Å². The highest BCUT2D eigenvalue weighted by Gasteiger charge is 2.09. The Balaban J connectivity index is 1.45. The van der Waals surface area contributed by atoms with E-state index in [1.165, 1.54) is 16.2 Å². The van der Waals surface area contributed by atoms with Crippen LogP contribution < -0.4 is 10.6 Å². The van der Waals surface area contributed by atoms with E-state index in [0.717, 1.165) is 12.3 Å². The smallest absolute Gasteiger partial charge is 0.257 e. The molecule has 0 atom stereocenters. The fourth-order valence-corrected chi connectivity index (χ4v) is 3.40. The third kappa shape index (κ3) is 4.81. The number of hydrogen-bond acceptors (Lipinski definition) is 6. The molecule has 2 aromatic carbocycles. The molecule has 1 amide bonds. The summed E-state index contributed by atoms with van der Waals surface area (Å²) in [6.07, 6.45) is 0. The van der Waals surface area contributed by atoms with Gasteiger partial charge < -0.3 is 5.32 Å². The number of anilines is 2. The fraction of sp³-hybridized carbons (Fsp3) is 0.118. The lowest BCUT2D eigenvalue weighted by Crippen LogP contribution is -2.11. The summed E-state index contributed by atoms with van der Waals surface area (Å²) in [4.78, 5) is 13.3. The first-order valence-corrected chi connectivity index (χ1v) is 9.23. The van der Waals surface area contributed by atoms with E-state index in [1.54, 1.807) is 23.9 Å². The van der Waals surface area contributed by atoms with Crippen LogP contribution in [0.3, 0.4) is 0 Å². The van der Waals surface area contributed by atoms with Gasteiger partial charge in [0.25, 0.3) is 5.91 Å². The number of amides is 1. The molecular weight excluding hydrogens is 340 g/mol. The van der Waals surface area contributed by atoms with Crippen LogP contribution in [0.1, 0.15) is 10.4 Å². The van der Waals surface area contributed by atoms with Crippen molar-refractivity contribution in [1.29, 1.82) is 0 Å². The maximum atomic E-state index is 12.0. The molecule has 3 rings (SSSR count). The van der Waals surface area contributed by atoms with Crippen molar-refractivity contribution in [1.82, 2.24) is 10.2 Å². The van der Waals surface area contributed by atoms with Crippen LogP contribution in [0.25, 0.3) is 0 Å². The van der Waals surface area contributed by atoms with Gasteiger partial charge in [0.1, 0.15) is 0 Å². The summed E-state index contributed by atoms with van der Waals surface area (Å²) in [7, 11) is 0. The molecule has 0 aliphatic rings. The van der Waals surface area contributed by atoms with Crippen molar-refractivity contribution in [3.05, 3.63) is 66.2 Å². The van der Waals surface area contributed by atoms with Crippen molar-refractivity contribution >= 4 is 39.3 Å². The van der Waals surface area contributed by atoms with Crippen LogP contribution in [0.5, 0.6) is 0 Å². The van der Waals surface area contributed by atoms with Crippen LogP contribution in [0.15, 0.2) is 65.6 Å². The predicted octanol–water partition coefficient (Wildman–Crippen LogP) is 3.99. The number of nitrogens with zero attached hydrogens (tertiary/aromatic N) is 2. The van der Waals surface area contributed by atoms with Crippen LogP contribution in [-0.2, 0) is 0 Å². The lowest BCUT2D eigenvalue weighted by Gasteiger charge is -2.02. The van der Waals surface area contributed by atoms with E-state index >= 15 is 0 Å². The van der Waals surface area contributed by atoms with E-state index in [1.807, 2.05) is 36.4 Å². The molecule has 0 unspecified atom stereocenters. The standard InChI is InChI=1S/C17H16N4OS2/c22-15(13-7-3-1-4-8-13)19-17-21-20-16(24-17)18-11-12-23-14-9-5-2-6-10-14/h1-10H,11-12H2,(H,18,20)(H,19,21,22). The predicted molar refractivity (Wildman–Crippen MR) is 100.0 cm³/mol. The molecular formula is C17H16N4OS2. The minimum absolute atomic E-state index is 0.182. The molecule has 1 heterocycles. The number of aromatic nitrogens is 2. The number of rotatable bonds is 7. The van der Waals surface area contributed by atoms with Crippen LogP contribution >= 0.6 is 23.1 Å². The third-order valence-electron chi connectivity index (χ3n) is 3.07. The highest BCUT2D eigenvalue weighted by Crippen LogP contribution is 2.21. The van der Waals surface area contributed by atoms with E-state index in [-0.39, 0.29) is 5.91 Å². The first-order valence-electron chi connectivity index (χ1n) is 7.43. The first kappa shape index (κ1) is 16.5. The maximum absolute atomic E-state index is 12.0. The summed E-state index contributed by atoms with van der Waals surface area (Å²) in [5, 5.41) is 15.2. The van der Waals surface area contributed by atoms with E-state index in [9.17, 15) is 4.79 Å². The Kier molecular flexibility index (Phi) is 5.81. The highest BCUT2D eigenvalue weighted by molar-refractivity contribution is 7.99. The Morgan fingerprint density at radius 1 is 0.958 bits per heavy atom. The van der Waals surface area contributed by atoms with Crippen molar-refractivity contribution < 1.29 is 4.79 Å². The SMILES string of the molecule is O=C(Nc1nnc(NCCSc2ccccc2)s1)c1ccccc1. The van der Waals surface area contributed by atoms with Gasteiger partial charge in [-0.25, -0.2) is 0 Å². The Bertz CT molecular complexity index is 778. The van der Waals surface area contributed by atoms with Crippen molar-refractivity contribution in [2.45, 2.75) is 4.90 Å². The number of thioether (sulfide) groups is 1. The zero-order valence-corrected chi connectivity index (χ0v) is 14.4. The summed E-state index contributed by atoms with van der Waals surface area (Å²) in [5.41, 5.74) is 0.599. The normalized spacial score (nSPS) is 10.3. The number of benzene rings is 2. The van der Waals surface area contributed by atoms with Crippen LogP contribution in [-0.4, -0.2) is 28.4 Å². The zero-order valence-electron chi connectivity index (χ0n) is 12.8. The average molecular weight is 356 g/mol.